The average molecular weight is 240 g/mol. The van der Waals surface area contributed by atoms with Crippen molar-refractivity contribution in [3.8, 4) is 6.07 Å². The van der Waals surface area contributed by atoms with Gasteiger partial charge in [-0.2, -0.15) is 5.26 Å². The Balaban J connectivity index is 3.32. The van der Waals surface area contributed by atoms with Crippen LogP contribution in [-0.2, 0) is 0 Å². The Morgan fingerprint density at radius 3 is 2.75 bits per heavy atom. The van der Waals surface area contributed by atoms with Crippen molar-refractivity contribution in [2.75, 3.05) is 0 Å². The van der Waals surface area contributed by atoms with Crippen LogP contribution in [0.3, 0.4) is 0 Å². The van der Waals surface area contributed by atoms with Crippen molar-refractivity contribution in [1.29, 1.82) is 5.26 Å². The Kier molecular flexibility index (Phi) is 3.93. The molecule has 0 saturated carbocycles. The number of halogens is 2. The fraction of sp³-hybridized carbons (Fsp3) is 0.462. The third kappa shape index (κ3) is 2.74. The summed E-state index contributed by atoms with van der Waals surface area (Å²) >= 11 is 5.81. The normalized spacial score (nSPS) is 32.0. The van der Waals surface area contributed by atoms with Gasteiger partial charge >= 0.3 is 0 Å². The highest BCUT2D eigenvalue weighted by Gasteiger charge is 2.30. The monoisotopic (exact) mass is 239 g/mol. The second-order valence-electron chi connectivity index (χ2n) is 4.57. The van der Waals surface area contributed by atoms with E-state index in [-0.39, 0.29) is 11.7 Å². The summed E-state index contributed by atoms with van der Waals surface area (Å²) in [6.07, 6.45) is 5.57. The maximum absolute atomic E-state index is 14.0. The molecule has 0 aromatic heterocycles. The number of hydrogen-bond donors (Lipinski definition) is 0. The summed E-state index contributed by atoms with van der Waals surface area (Å²) in [6.45, 7) is 5.38. The van der Waals surface area contributed by atoms with Crippen LogP contribution in [0.2, 0.25) is 0 Å². The number of hydrogen-bond acceptors (Lipinski definition) is 1. The molecule has 86 valence electrons. The van der Waals surface area contributed by atoms with Crippen LogP contribution in [0.5, 0.6) is 0 Å². The number of allylic oxidation sites excluding steroid dienone is 6. The van der Waals surface area contributed by atoms with E-state index in [1.165, 1.54) is 6.08 Å². The van der Waals surface area contributed by atoms with E-state index in [0.717, 1.165) is 0 Å². The molecule has 1 unspecified atom stereocenters. The molecule has 0 amide bonds. The van der Waals surface area contributed by atoms with E-state index in [4.69, 9.17) is 16.9 Å². The number of nitriles is 1. The van der Waals surface area contributed by atoms with Gasteiger partial charge in [0.25, 0.3) is 0 Å². The minimum Gasteiger partial charge on any atom is -0.207 e. The first-order valence-electron chi connectivity index (χ1n) is 5.23. The summed E-state index contributed by atoms with van der Waals surface area (Å²) in [5, 5.41) is 9.44. The van der Waals surface area contributed by atoms with Crippen molar-refractivity contribution in [3.05, 3.63) is 34.7 Å². The molecule has 0 bridgehead atoms. The molecule has 1 atom stereocenters. The zero-order valence-corrected chi connectivity index (χ0v) is 10.5. The summed E-state index contributed by atoms with van der Waals surface area (Å²) < 4.78 is 14.0. The molecule has 1 rings (SSSR count). The van der Waals surface area contributed by atoms with Gasteiger partial charge in [0.15, 0.2) is 0 Å². The predicted octanol–water partition coefficient (Wildman–Crippen LogP) is 4.48. The van der Waals surface area contributed by atoms with E-state index >= 15 is 0 Å². The summed E-state index contributed by atoms with van der Waals surface area (Å²) in [5.41, 5.74) is -0.278. The minimum absolute atomic E-state index is 0.00640. The lowest BCUT2D eigenvalue weighted by Crippen LogP contribution is -2.19. The Morgan fingerprint density at radius 1 is 1.56 bits per heavy atom. The SMILES string of the molecule is CC1C/C=C/C(Cl)=C\C(F)=C/1C(C)(C)C#N. The van der Waals surface area contributed by atoms with Crippen LogP contribution < -0.4 is 0 Å². The van der Waals surface area contributed by atoms with Gasteiger partial charge in [0, 0.05) is 5.03 Å². The lowest BCUT2D eigenvalue weighted by molar-refractivity contribution is 0.464. The molecule has 0 aromatic rings. The van der Waals surface area contributed by atoms with Crippen LogP contribution in [0.15, 0.2) is 34.7 Å². The number of nitrogens with zero attached hydrogens (tertiary/aromatic N) is 1. The lowest BCUT2D eigenvalue weighted by atomic mass is 9.76. The maximum atomic E-state index is 14.0. The van der Waals surface area contributed by atoms with Crippen LogP contribution in [0.25, 0.3) is 0 Å². The van der Waals surface area contributed by atoms with Gasteiger partial charge in [-0.15, -0.1) is 0 Å². The molecule has 0 spiro atoms. The summed E-state index contributed by atoms with van der Waals surface area (Å²) in [6, 6.07) is 2.14. The van der Waals surface area contributed by atoms with Crippen LogP contribution in [0.1, 0.15) is 27.2 Å². The van der Waals surface area contributed by atoms with Crippen LogP contribution in [0.4, 0.5) is 4.39 Å². The Labute approximate surface area is 101 Å². The van der Waals surface area contributed by atoms with Gasteiger partial charge in [0.2, 0.25) is 0 Å². The van der Waals surface area contributed by atoms with E-state index in [1.807, 2.05) is 13.0 Å². The van der Waals surface area contributed by atoms with Crippen molar-refractivity contribution in [3.63, 3.8) is 0 Å². The Bertz CT molecular complexity index is 410. The standard InChI is InChI=1S/C13H15ClFN/c1-9-5-4-6-10(14)7-11(15)12(9)13(2,3)8-16/h4,6-7,9H,5H2,1-3H3/b6-4+,10-7+,12-11-. The van der Waals surface area contributed by atoms with E-state index in [9.17, 15) is 4.39 Å². The highest BCUT2D eigenvalue weighted by atomic mass is 35.5. The molecule has 0 heterocycles. The molecule has 0 fully saturated rings. The average Bonchev–Trinajstić information content (AvgIpc) is 2.15. The minimum atomic E-state index is -0.803. The molecule has 0 saturated heterocycles. The summed E-state index contributed by atoms with van der Waals surface area (Å²) in [7, 11) is 0. The highest BCUT2D eigenvalue weighted by Crippen LogP contribution is 2.38. The van der Waals surface area contributed by atoms with E-state index < -0.39 is 5.41 Å². The van der Waals surface area contributed by atoms with Gasteiger partial charge in [-0.3, -0.25) is 0 Å². The smallest absolute Gasteiger partial charge is 0.125 e. The first-order valence-corrected chi connectivity index (χ1v) is 5.61. The summed E-state index contributed by atoms with van der Waals surface area (Å²) in [4.78, 5) is 0. The molecule has 1 aliphatic rings. The van der Waals surface area contributed by atoms with Crippen LogP contribution in [-0.4, -0.2) is 0 Å². The summed E-state index contributed by atoms with van der Waals surface area (Å²) in [5.74, 6) is -0.375. The molecule has 0 aromatic carbocycles. The molecule has 0 radical (unpaired) electrons. The van der Waals surface area contributed by atoms with E-state index in [0.29, 0.717) is 17.0 Å². The first-order chi connectivity index (χ1) is 7.38. The zero-order valence-electron chi connectivity index (χ0n) is 9.72. The molecular weight excluding hydrogens is 225 g/mol. The second-order valence-corrected chi connectivity index (χ2v) is 5.00. The zero-order chi connectivity index (χ0) is 12.3. The Morgan fingerprint density at radius 2 is 2.19 bits per heavy atom. The molecule has 1 nitrogen and oxygen atoms in total. The third-order valence-electron chi connectivity index (χ3n) is 2.73. The molecule has 3 heteroatoms. The maximum Gasteiger partial charge on any atom is 0.125 e. The second kappa shape index (κ2) is 4.84. The largest absolute Gasteiger partial charge is 0.207 e. The van der Waals surface area contributed by atoms with Crippen LogP contribution in [0, 0.1) is 22.7 Å². The number of rotatable bonds is 1. The molecular formula is C13H15ClFN. The van der Waals surface area contributed by atoms with Crippen LogP contribution >= 0.6 is 11.6 Å². The molecule has 0 N–H and O–H groups in total. The van der Waals surface area contributed by atoms with Crippen molar-refractivity contribution in [2.45, 2.75) is 27.2 Å². The van der Waals surface area contributed by atoms with Gasteiger partial charge in [0.05, 0.1) is 11.5 Å². The lowest BCUT2D eigenvalue weighted by Gasteiger charge is -2.26. The van der Waals surface area contributed by atoms with Gasteiger partial charge in [-0.25, -0.2) is 4.39 Å². The van der Waals surface area contributed by atoms with Crippen molar-refractivity contribution in [1.82, 2.24) is 0 Å². The first kappa shape index (κ1) is 13.0. The highest BCUT2D eigenvalue weighted by molar-refractivity contribution is 6.31. The van der Waals surface area contributed by atoms with Crippen molar-refractivity contribution < 1.29 is 4.39 Å². The van der Waals surface area contributed by atoms with Gasteiger partial charge in [-0.1, -0.05) is 24.6 Å². The van der Waals surface area contributed by atoms with E-state index in [1.54, 1.807) is 19.9 Å². The molecule has 1 aliphatic carbocycles. The van der Waals surface area contributed by atoms with Gasteiger partial charge in [0.1, 0.15) is 5.83 Å². The topological polar surface area (TPSA) is 23.8 Å². The van der Waals surface area contributed by atoms with Crippen molar-refractivity contribution in [2.24, 2.45) is 11.3 Å². The van der Waals surface area contributed by atoms with Gasteiger partial charge in [-0.05, 0) is 43.9 Å². The van der Waals surface area contributed by atoms with Gasteiger partial charge < -0.3 is 0 Å². The fourth-order valence-corrected chi connectivity index (χ4v) is 2.14. The quantitative estimate of drug-likeness (QED) is 0.662. The Hall–Kier alpha value is -1.07. The third-order valence-corrected chi connectivity index (χ3v) is 2.97. The predicted molar refractivity (Wildman–Crippen MR) is 64.4 cm³/mol. The fourth-order valence-electron chi connectivity index (χ4n) is 1.96. The molecule has 16 heavy (non-hydrogen) atoms. The molecule has 0 aliphatic heterocycles. The van der Waals surface area contributed by atoms with E-state index in [2.05, 4.69) is 6.07 Å². The van der Waals surface area contributed by atoms with Crippen molar-refractivity contribution >= 4 is 11.6 Å².